The lowest BCUT2D eigenvalue weighted by molar-refractivity contribution is 0.777. The van der Waals surface area contributed by atoms with Gasteiger partial charge in [0.15, 0.2) is 0 Å². The predicted octanol–water partition coefficient (Wildman–Crippen LogP) is 1.15. The van der Waals surface area contributed by atoms with Crippen LogP contribution in [0.25, 0.3) is 0 Å². The molecule has 2 nitrogen and oxygen atoms in total. The van der Waals surface area contributed by atoms with Gasteiger partial charge in [-0.1, -0.05) is 0 Å². The lowest BCUT2D eigenvalue weighted by Crippen LogP contribution is -1.94. The first-order chi connectivity index (χ1) is 4.38. The lowest BCUT2D eigenvalue weighted by Gasteiger charge is -1.96. The summed E-state index contributed by atoms with van der Waals surface area (Å²) in [5, 5.41) is 8.52. The molecule has 0 radical (unpaired) electrons. The average molecular weight is 122 g/mol. The molecule has 1 atom stereocenters. The number of rotatable bonds is 0. The maximum Gasteiger partial charge on any atom is 0.0701 e. The Balaban J connectivity index is 2.65. The quantitative estimate of drug-likeness (QED) is 0.524. The third-order valence-electron chi connectivity index (χ3n) is 1.78. The smallest absolute Gasteiger partial charge is 0.0701 e. The second-order valence-electron chi connectivity index (χ2n) is 2.32. The molecule has 0 spiro atoms. The minimum Gasteiger partial charge on any atom is -0.405 e. The van der Waals surface area contributed by atoms with Gasteiger partial charge in [0.1, 0.15) is 0 Å². The van der Waals surface area contributed by atoms with Gasteiger partial charge in [-0.15, -0.1) is 0 Å². The Labute approximate surface area is 55.0 Å². The summed E-state index contributed by atoms with van der Waals surface area (Å²) in [5.41, 5.74) is 6.41. The van der Waals surface area contributed by atoms with Crippen molar-refractivity contribution in [3.8, 4) is 6.07 Å². The van der Waals surface area contributed by atoms with E-state index in [1.807, 2.05) is 0 Å². The fraction of sp³-hybridized carbons (Fsp3) is 0.571. The molecule has 0 amide bonds. The first-order valence-electron chi connectivity index (χ1n) is 3.18. The van der Waals surface area contributed by atoms with Crippen LogP contribution in [0.3, 0.4) is 0 Å². The Kier molecular flexibility index (Phi) is 1.74. The maximum atomic E-state index is 8.52. The standard InChI is InChI=1S/C7H10N2/c8-4-6-2-1-3-7(6)5-9/h4,7H,1-3,8H2. The summed E-state index contributed by atoms with van der Waals surface area (Å²) in [4.78, 5) is 0. The van der Waals surface area contributed by atoms with Gasteiger partial charge in [-0.25, -0.2) is 0 Å². The summed E-state index contributed by atoms with van der Waals surface area (Å²) < 4.78 is 0. The first-order valence-corrected chi connectivity index (χ1v) is 3.18. The molecule has 0 saturated heterocycles. The minimum atomic E-state index is 0.120. The van der Waals surface area contributed by atoms with Crippen molar-refractivity contribution >= 4 is 0 Å². The summed E-state index contributed by atoms with van der Waals surface area (Å²) in [7, 11) is 0. The molecule has 1 unspecified atom stereocenters. The van der Waals surface area contributed by atoms with Crippen LogP contribution in [0.4, 0.5) is 0 Å². The van der Waals surface area contributed by atoms with Gasteiger partial charge in [0.05, 0.1) is 12.0 Å². The van der Waals surface area contributed by atoms with Crippen LogP contribution >= 0.6 is 0 Å². The van der Waals surface area contributed by atoms with Crippen molar-refractivity contribution in [2.45, 2.75) is 19.3 Å². The van der Waals surface area contributed by atoms with Gasteiger partial charge in [-0.3, -0.25) is 0 Å². The molecule has 0 aromatic rings. The van der Waals surface area contributed by atoms with Crippen molar-refractivity contribution in [3.63, 3.8) is 0 Å². The maximum absolute atomic E-state index is 8.52. The summed E-state index contributed by atoms with van der Waals surface area (Å²) in [5.74, 6) is 0.120. The Bertz CT molecular complexity index is 164. The van der Waals surface area contributed by atoms with Crippen molar-refractivity contribution in [1.82, 2.24) is 0 Å². The fourth-order valence-corrected chi connectivity index (χ4v) is 1.22. The Morgan fingerprint density at radius 1 is 1.78 bits per heavy atom. The van der Waals surface area contributed by atoms with Gasteiger partial charge in [-0.2, -0.15) is 5.26 Å². The number of hydrogen-bond acceptors (Lipinski definition) is 2. The van der Waals surface area contributed by atoms with Crippen molar-refractivity contribution in [2.24, 2.45) is 11.7 Å². The first kappa shape index (κ1) is 6.15. The van der Waals surface area contributed by atoms with Crippen molar-refractivity contribution in [2.75, 3.05) is 0 Å². The minimum absolute atomic E-state index is 0.120. The van der Waals surface area contributed by atoms with Gasteiger partial charge in [0.25, 0.3) is 0 Å². The van der Waals surface area contributed by atoms with Crippen molar-refractivity contribution in [3.05, 3.63) is 11.8 Å². The molecule has 2 heteroatoms. The number of allylic oxidation sites excluding steroid dienone is 1. The molecule has 2 N–H and O–H groups in total. The largest absolute Gasteiger partial charge is 0.405 e. The zero-order valence-corrected chi connectivity index (χ0v) is 5.30. The van der Waals surface area contributed by atoms with Gasteiger partial charge in [-0.05, 0) is 31.0 Å². The monoisotopic (exact) mass is 122 g/mol. The molecule has 0 aromatic heterocycles. The molecule has 0 aromatic carbocycles. The van der Waals surface area contributed by atoms with Gasteiger partial charge >= 0.3 is 0 Å². The summed E-state index contributed by atoms with van der Waals surface area (Å²) in [6, 6.07) is 2.22. The van der Waals surface area contributed by atoms with Gasteiger partial charge in [0.2, 0.25) is 0 Å². The highest BCUT2D eigenvalue weighted by Crippen LogP contribution is 2.29. The highest BCUT2D eigenvalue weighted by molar-refractivity contribution is 5.16. The number of nitrogens with two attached hydrogens (primary N) is 1. The third kappa shape index (κ3) is 1.05. The zero-order chi connectivity index (χ0) is 6.69. The van der Waals surface area contributed by atoms with E-state index in [-0.39, 0.29) is 5.92 Å². The summed E-state index contributed by atoms with van der Waals surface area (Å²) in [6.07, 6.45) is 4.73. The molecule has 1 aliphatic carbocycles. The second-order valence-corrected chi connectivity index (χ2v) is 2.32. The summed E-state index contributed by atoms with van der Waals surface area (Å²) >= 11 is 0. The van der Waals surface area contributed by atoms with E-state index in [1.54, 1.807) is 6.20 Å². The van der Waals surface area contributed by atoms with E-state index in [1.165, 1.54) is 0 Å². The Hall–Kier alpha value is -0.970. The van der Waals surface area contributed by atoms with Crippen LogP contribution in [0.15, 0.2) is 11.8 Å². The van der Waals surface area contributed by atoms with E-state index in [0.29, 0.717) is 0 Å². The number of hydrogen-bond donors (Lipinski definition) is 1. The molecule has 0 bridgehead atoms. The molecule has 9 heavy (non-hydrogen) atoms. The van der Waals surface area contributed by atoms with Gasteiger partial charge in [0, 0.05) is 0 Å². The molecular weight excluding hydrogens is 112 g/mol. The van der Waals surface area contributed by atoms with E-state index in [4.69, 9.17) is 11.0 Å². The van der Waals surface area contributed by atoms with Crippen LogP contribution in [0.1, 0.15) is 19.3 Å². The predicted molar refractivity (Wildman–Crippen MR) is 35.2 cm³/mol. The molecule has 1 saturated carbocycles. The highest BCUT2D eigenvalue weighted by Gasteiger charge is 2.18. The SMILES string of the molecule is N#CC1CCCC1=CN. The molecular formula is C7H10N2. The fourth-order valence-electron chi connectivity index (χ4n) is 1.22. The van der Waals surface area contributed by atoms with Crippen LogP contribution in [-0.2, 0) is 0 Å². The van der Waals surface area contributed by atoms with Crippen molar-refractivity contribution < 1.29 is 0 Å². The number of nitriles is 1. The van der Waals surface area contributed by atoms with E-state index < -0.39 is 0 Å². The molecule has 0 aliphatic heterocycles. The molecule has 48 valence electrons. The van der Waals surface area contributed by atoms with Crippen LogP contribution in [0, 0.1) is 17.2 Å². The highest BCUT2D eigenvalue weighted by atomic mass is 14.5. The van der Waals surface area contributed by atoms with Crippen molar-refractivity contribution in [1.29, 1.82) is 5.26 Å². The van der Waals surface area contributed by atoms with Crippen LogP contribution in [0.5, 0.6) is 0 Å². The lowest BCUT2D eigenvalue weighted by atomic mass is 10.1. The average Bonchev–Trinajstić information content (AvgIpc) is 2.33. The van der Waals surface area contributed by atoms with E-state index in [9.17, 15) is 0 Å². The second kappa shape index (κ2) is 2.54. The number of nitrogens with zero attached hydrogens (tertiary/aromatic N) is 1. The molecule has 0 heterocycles. The zero-order valence-electron chi connectivity index (χ0n) is 5.30. The molecule has 1 rings (SSSR count). The molecule has 1 aliphatic rings. The van der Waals surface area contributed by atoms with Crippen LogP contribution in [0.2, 0.25) is 0 Å². The van der Waals surface area contributed by atoms with E-state index in [0.717, 1.165) is 24.8 Å². The topological polar surface area (TPSA) is 49.8 Å². The molecule has 1 fully saturated rings. The third-order valence-corrected chi connectivity index (χ3v) is 1.78. The normalized spacial score (nSPS) is 30.6. The Morgan fingerprint density at radius 2 is 2.56 bits per heavy atom. The Morgan fingerprint density at radius 3 is 3.00 bits per heavy atom. The van der Waals surface area contributed by atoms with Gasteiger partial charge < -0.3 is 5.73 Å². The summed E-state index contributed by atoms with van der Waals surface area (Å²) in [6.45, 7) is 0. The van der Waals surface area contributed by atoms with Crippen LogP contribution in [-0.4, -0.2) is 0 Å². The van der Waals surface area contributed by atoms with E-state index in [2.05, 4.69) is 6.07 Å². The van der Waals surface area contributed by atoms with E-state index >= 15 is 0 Å². The van der Waals surface area contributed by atoms with Crippen LogP contribution < -0.4 is 5.73 Å².